The van der Waals surface area contributed by atoms with Gasteiger partial charge in [0.05, 0.1) is 0 Å². The molecule has 29 heavy (non-hydrogen) atoms. The Morgan fingerprint density at radius 2 is 1.62 bits per heavy atom. The molecule has 1 heterocycles. The molecule has 0 saturated carbocycles. The normalized spacial score (nSPS) is 17.5. The number of sulfonamides is 1. The van der Waals surface area contributed by atoms with Crippen LogP contribution in [0.25, 0.3) is 0 Å². The highest BCUT2D eigenvalue weighted by Gasteiger charge is 2.42. The van der Waals surface area contributed by atoms with E-state index in [1.807, 2.05) is 46.3 Å². The number of hydrogen-bond acceptors (Lipinski definition) is 4. The van der Waals surface area contributed by atoms with Gasteiger partial charge in [-0.15, -0.1) is 0 Å². The minimum atomic E-state index is -4.15. The van der Waals surface area contributed by atoms with Crippen molar-refractivity contribution >= 4 is 39.2 Å². The highest BCUT2D eigenvalue weighted by atomic mass is 35.5. The summed E-state index contributed by atoms with van der Waals surface area (Å²) >= 11 is 6.23. The Kier molecular flexibility index (Phi) is 7.22. The molecule has 9 heteroatoms. The SMILES string of the molecule is CC(C)c1cc(Cl)cc(C(C)C)c1NC(=O)NS(=O)(=O)C1CCN(C(C)C)C1=O. The largest absolute Gasteiger partial charge is 0.339 e. The van der Waals surface area contributed by atoms with Gasteiger partial charge in [0.25, 0.3) is 0 Å². The molecule has 0 spiro atoms. The maximum Gasteiger partial charge on any atom is 0.332 e. The third kappa shape index (κ3) is 5.22. The average molecular weight is 444 g/mol. The molecule has 1 atom stereocenters. The van der Waals surface area contributed by atoms with Crippen molar-refractivity contribution in [1.82, 2.24) is 9.62 Å². The summed E-state index contributed by atoms with van der Waals surface area (Å²) < 4.78 is 27.4. The van der Waals surface area contributed by atoms with Crippen LogP contribution >= 0.6 is 11.6 Å². The number of hydrogen-bond donors (Lipinski definition) is 2. The molecule has 1 saturated heterocycles. The van der Waals surface area contributed by atoms with Gasteiger partial charge in [0.15, 0.2) is 5.25 Å². The van der Waals surface area contributed by atoms with Crippen LogP contribution in [0.5, 0.6) is 0 Å². The molecule has 0 aliphatic carbocycles. The zero-order chi connectivity index (χ0) is 22.1. The number of nitrogens with zero attached hydrogens (tertiary/aromatic N) is 1. The van der Waals surface area contributed by atoms with Gasteiger partial charge in [0.1, 0.15) is 0 Å². The molecular weight excluding hydrogens is 414 g/mol. The van der Waals surface area contributed by atoms with Crippen LogP contribution in [-0.2, 0) is 14.8 Å². The molecule has 2 N–H and O–H groups in total. The van der Waals surface area contributed by atoms with Crippen molar-refractivity contribution in [3.63, 3.8) is 0 Å². The Morgan fingerprint density at radius 1 is 1.10 bits per heavy atom. The van der Waals surface area contributed by atoms with Crippen molar-refractivity contribution in [2.24, 2.45) is 0 Å². The Morgan fingerprint density at radius 3 is 2.03 bits per heavy atom. The minimum absolute atomic E-state index is 0.0640. The monoisotopic (exact) mass is 443 g/mol. The number of rotatable bonds is 6. The van der Waals surface area contributed by atoms with Gasteiger partial charge in [-0.25, -0.2) is 17.9 Å². The lowest BCUT2D eigenvalue weighted by Gasteiger charge is -2.22. The van der Waals surface area contributed by atoms with Crippen LogP contribution in [0.1, 0.15) is 70.9 Å². The standard InChI is InChI=1S/C20H30ClN3O4S/c1-11(2)15-9-14(21)10-16(12(3)4)18(15)22-20(26)23-29(27,28)17-7-8-24(13(5)6)19(17)25/h9-13,17H,7-8H2,1-6H3,(H2,22,23,26). The highest BCUT2D eigenvalue weighted by molar-refractivity contribution is 7.91. The van der Waals surface area contributed by atoms with E-state index < -0.39 is 27.2 Å². The smallest absolute Gasteiger partial charge is 0.332 e. The predicted octanol–water partition coefficient (Wildman–Crippen LogP) is 4.05. The van der Waals surface area contributed by atoms with E-state index in [1.165, 1.54) is 4.90 Å². The van der Waals surface area contributed by atoms with E-state index in [-0.39, 0.29) is 24.3 Å². The van der Waals surface area contributed by atoms with Crippen molar-refractivity contribution < 1.29 is 18.0 Å². The number of nitrogens with one attached hydrogen (secondary N) is 2. The first kappa shape index (κ1) is 23.5. The van der Waals surface area contributed by atoms with Gasteiger partial charge in [-0.05, 0) is 55.4 Å². The molecule has 1 aliphatic heterocycles. The number of anilines is 1. The number of amides is 3. The zero-order valence-corrected chi connectivity index (χ0v) is 19.3. The fourth-order valence-corrected chi connectivity index (χ4v) is 5.02. The van der Waals surface area contributed by atoms with E-state index in [2.05, 4.69) is 5.32 Å². The van der Waals surface area contributed by atoms with E-state index in [0.29, 0.717) is 17.3 Å². The van der Waals surface area contributed by atoms with Gasteiger partial charge in [-0.3, -0.25) is 4.79 Å². The second-order valence-corrected chi connectivity index (χ2v) is 10.6. The number of benzene rings is 1. The third-order valence-corrected chi connectivity index (χ3v) is 6.94. The zero-order valence-electron chi connectivity index (χ0n) is 17.7. The summed E-state index contributed by atoms with van der Waals surface area (Å²) in [6.45, 7) is 11.9. The fourth-order valence-electron chi connectivity index (χ4n) is 3.52. The topological polar surface area (TPSA) is 95.6 Å². The summed E-state index contributed by atoms with van der Waals surface area (Å²) in [5.74, 6) is -0.347. The van der Waals surface area contributed by atoms with Crippen LogP contribution in [-0.4, -0.2) is 43.1 Å². The summed E-state index contributed by atoms with van der Waals surface area (Å²) in [5, 5.41) is 1.99. The van der Waals surface area contributed by atoms with E-state index in [1.54, 1.807) is 12.1 Å². The van der Waals surface area contributed by atoms with Crippen molar-refractivity contribution in [1.29, 1.82) is 0 Å². The molecular formula is C20H30ClN3O4S. The number of carbonyl (C=O) groups is 2. The molecule has 1 aromatic carbocycles. The second kappa shape index (κ2) is 8.92. The molecule has 3 amide bonds. The first-order chi connectivity index (χ1) is 13.3. The van der Waals surface area contributed by atoms with E-state index >= 15 is 0 Å². The summed E-state index contributed by atoms with van der Waals surface area (Å²) in [7, 11) is -4.15. The van der Waals surface area contributed by atoms with Gasteiger partial charge in [-0.1, -0.05) is 39.3 Å². The molecule has 2 rings (SSSR count). The molecule has 1 aromatic rings. The van der Waals surface area contributed by atoms with Crippen LogP contribution in [0.4, 0.5) is 10.5 Å². The minimum Gasteiger partial charge on any atom is -0.339 e. The third-order valence-electron chi connectivity index (χ3n) is 5.07. The average Bonchev–Trinajstić information content (AvgIpc) is 2.97. The maximum absolute atomic E-state index is 12.7. The van der Waals surface area contributed by atoms with Gasteiger partial charge in [0.2, 0.25) is 15.9 Å². The fraction of sp³-hybridized carbons (Fsp3) is 0.600. The van der Waals surface area contributed by atoms with Crippen LogP contribution in [0.15, 0.2) is 12.1 Å². The molecule has 0 radical (unpaired) electrons. The first-order valence-electron chi connectivity index (χ1n) is 9.81. The van der Waals surface area contributed by atoms with E-state index in [9.17, 15) is 18.0 Å². The summed E-state index contributed by atoms with van der Waals surface area (Å²) in [4.78, 5) is 26.5. The van der Waals surface area contributed by atoms with Crippen molar-refractivity contribution in [3.05, 3.63) is 28.3 Å². The number of urea groups is 1. The van der Waals surface area contributed by atoms with Gasteiger partial charge >= 0.3 is 6.03 Å². The molecule has 0 aromatic heterocycles. The summed E-state index contributed by atoms with van der Waals surface area (Å²) in [5.41, 5.74) is 2.18. The van der Waals surface area contributed by atoms with Gasteiger partial charge in [0, 0.05) is 23.3 Å². The lowest BCUT2D eigenvalue weighted by atomic mass is 9.92. The van der Waals surface area contributed by atoms with Crippen molar-refractivity contribution in [3.8, 4) is 0 Å². The molecule has 0 bridgehead atoms. The molecule has 162 valence electrons. The molecule has 1 fully saturated rings. The lowest BCUT2D eigenvalue weighted by molar-refractivity contribution is -0.128. The van der Waals surface area contributed by atoms with Crippen LogP contribution in [0.2, 0.25) is 5.02 Å². The highest BCUT2D eigenvalue weighted by Crippen LogP contribution is 2.35. The maximum atomic E-state index is 12.7. The van der Waals surface area contributed by atoms with Crippen LogP contribution in [0, 0.1) is 0 Å². The lowest BCUT2D eigenvalue weighted by Crippen LogP contribution is -2.45. The summed E-state index contributed by atoms with van der Waals surface area (Å²) in [6, 6.07) is 2.56. The van der Waals surface area contributed by atoms with Gasteiger partial charge < -0.3 is 10.2 Å². The van der Waals surface area contributed by atoms with Crippen molar-refractivity contribution in [2.45, 2.75) is 71.1 Å². The van der Waals surface area contributed by atoms with Crippen molar-refractivity contribution in [2.75, 3.05) is 11.9 Å². The number of carbonyl (C=O) groups excluding carboxylic acids is 2. The second-order valence-electron chi connectivity index (χ2n) is 8.27. The number of halogens is 1. The summed E-state index contributed by atoms with van der Waals surface area (Å²) in [6.07, 6.45) is 0.162. The van der Waals surface area contributed by atoms with Crippen LogP contribution in [0.3, 0.4) is 0 Å². The molecule has 1 aliphatic rings. The Hall–Kier alpha value is -1.80. The first-order valence-corrected chi connectivity index (χ1v) is 11.7. The van der Waals surface area contributed by atoms with Crippen LogP contribution < -0.4 is 10.0 Å². The van der Waals surface area contributed by atoms with E-state index in [4.69, 9.17) is 11.6 Å². The Labute approximate surface area is 178 Å². The number of likely N-dealkylation sites (tertiary alicyclic amines) is 1. The van der Waals surface area contributed by atoms with E-state index in [0.717, 1.165) is 11.1 Å². The molecule has 7 nitrogen and oxygen atoms in total. The predicted molar refractivity (Wildman–Crippen MR) is 116 cm³/mol. The quantitative estimate of drug-likeness (QED) is 0.693. The Bertz CT molecular complexity index is 868. The Balaban J connectivity index is 2.26. The molecule has 1 unspecified atom stereocenters. The van der Waals surface area contributed by atoms with Gasteiger partial charge in [-0.2, -0.15) is 0 Å².